The fraction of sp³-hybridized carbons (Fsp3) is 0.273. The Morgan fingerprint density at radius 3 is 1.39 bits per heavy atom. The van der Waals surface area contributed by atoms with Crippen molar-refractivity contribution in [3.05, 3.63) is 49.9 Å². The number of ether oxygens (including phenoxy) is 1. The van der Waals surface area contributed by atoms with Gasteiger partial charge in [0.2, 0.25) is 0 Å². The van der Waals surface area contributed by atoms with Gasteiger partial charge in [0.1, 0.15) is 5.76 Å². The first-order chi connectivity index (χ1) is 9.78. The molecule has 0 saturated carbocycles. The largest absolute Gasteiger partial charge is 0 e. The molecule has 1 aliphatic rings. The second-order valence-electron chi connectivity index (χ2n) is 3.15. The monoisotopic (exact) mass is 408 g/mol. The quantitative estimate of drug-likeness (QED) is 0.190. The van der Waals surface area contributed by atoms with Crippen LogP contribution in [0.3, 0.4) is 0 Å². The van der Waals surface area contributed by atoms with Crippen molar-refractivity contribution < 1.29 is 60.9 Å². The van der Waals surface area contributed by atoms with Crippen LogP contribution < -0.4 is 0 Å². The van der Waals surface area contributed by atoms with E-state index in [0.717, 1.165) is 12.2 Å². The number of halogens is 6. The van der Waals surface area contributed by atoms with Gasteiger partial charge in [-0.05, 0) is 24.5 Å². The normalized spacial score (nSPS) is 15.0. The minimum Gasteiger partial charge on any atom is 0 e. The summed E-state index contributed by atoms with van der Waals surface area (Å²) in [6, 6.07) is 0. The Bertz CT molecular complexity index is 398. The molecule has 0 aliphatic heterocycles. The molecule has 0 heterocycles. The van der Waals surface area contributed by atoms with Crippen LogP contribution in [0.4, 0.5) is 25.2 Å². The van der Waals surface area contributed by atoms with E-state index in [0.29, 0.717) is 0 Å². The Balaban J connectivity index is -0.0000000696. The molecule has 23 heavy (non-hydrogen) atoms. The summed E-state index contributed by atoms with van der Waals surface area (Å²) in [5.41, 5.74) is 0. The summed E-state index contributed by atoms with van der Waals surface area (Å²) in [5.74, 6) is 2.36. The Kier molecular flexibility index (Phi) is 19.7. The number of hydrogen-bond donors (Lipinski definition) is 0. The van der Waals surface area contributed by atoms with Crippen molar-refractivity contribution in [3.8, 4) is 0 Å². The van der Waals surface area contributed by atoms with Crippen molar-refractivity contribution in [2.75, 3.05) is 7.11 Å². The van der Waals surface area contributed by atoms with Crippen molar-refractivity contribution >= 4 is 7.81 Å². The average molecular weight is 408 g/mol. The number of hydrogen-bond acceptors (Lipinski definition) is 1. The third kappa shape index (κ3) is 62.6. The number of rotatable bonds is 1. The van der Waals surface area contributed by atoms with E-state index >= 15 is 0 Å². The van der Waals surface area contributed by atoms with E-state index in [9.17, 15) is 25.2 Å². The summed E-state index contributed by atoms with van der Waals surface area (Å²) in [6.07, 6.45) is 7.17. The molecule has 0 atom stereocenters. The van der Waals surface area contributed by atoms with Gasteiger partial charge < -0.3 is 4.74 Å². The van der Waals surface area contributed by atoms with Crippen molar-refractivity contribution in [1.82, 2.24) is 0 Å². The van der Waals surface area contributed by atoms with Crippen molar-refractivity contribution in [2.24, 2.45) is 0 Å². The minimum absolute atomic E-state index is 0. The summed E-state index contributed by atoms with van der Waals surface area (Å²) >= 11 is 0. The van der Waals surface area contributed by atoms with Gasteiger partial charge in [-0.3, -0.25) is 0 Å². The van der Waals surface area contributed by atoms with Gasteiger partial charge in [-0.15, -0.1) is 0 Å². The van der Waals surface area contributed by atoms with E-state index in [1.807, 2.05) is 6.08 Å². The van der Waals surface area contributed by atoms with Gasteiger partial charge in [0.15, 0.2) is 0 Å². The van der Waals surface area contributed by atoms with Crippen LogP contribution in [0, 0.1) is 25.9 Å². The molecule has 0 amide bonds. The Morgan fingerprint density at radius 2 is 1.22 bits per heavy atom. The molecule has 12 heteroatoms. The van der Waals surface area contributed by atoms with Crippen LogP contribution in [-0.4, -0.2) is 7.11 Å². The van der Waals surface area contributed by atoms with Crippen molar-refractivity contribution in [3.63, 3.8) is 0 Å². The fourth-order valence-corrected chi connectivity index (χ4v) is 0.773. The molecule has 0 spiro atoms. The molecule has 0 aromatic rings. The van der Waals surface area contributed by atoms with E-state index in [2.05, 4.69) is 39.0 Å². The standard InChI is InChI=1S/C8H11O.3CO.F6P.Fe/c1-7-3-5-8(9-2)6-4-7;3*1-2;1-7(2,3,4,5)6;/h3,5-6H,4H2,1-2H3;;;;;/q;;;;-1;. The van der Waals surface area contributed by atoms with E-state index in [1.165, 1.54) is 5.92 Å². The minimum atomic E-state index is -10.7. The number of allylic oxidation sites excluding steroid dienone is 3. The van der Waals surface area contributed by atoms with Crippen molar-refractivity contribution in [2.45, 2.75) is 13.3 Å². The third-order valence-corrected chi connectivity index (χ3v) is 1.39. The van der Waals surface area contributed by atoms with Crippen LogP contribution in [0.2, 0.25) is 0 Å². The molecule has 1 radical (unpaired) electrons. The summed E-state index contributed by atoms with van der Waals surface area (Å²) < 4.78 is 86.7. The van der Waals surface area contributed by atoms with Crippen LogP contribution in [0.25, 0.3) is 0 Å². The van der Waals surface area contributed by atoms with Gasteiger partial charge >= 0.3 is 66.9 Å². The summed E-state index contributed by atoms with van der Waals surface area (Å²) in [5, 5.41) is 0. The molecule has 0 N–H and O–H groups in total. The van der Waals surface area contributed by atoms with Gasteiger partial charge in [-0.1, -0.05) is 13.0 Å². The summed E-state index contributed by atoms with van der Waals surface area (Å²) in [4.78, 5) is 0. The van der Waals surface area contributed by atoms with Crippen LogP contribution in [0.15, 0.2) is 24.0 Å². The van der Waals surface area contributed by atoms with Crippen molar-refractivity contribution in [1.29, 1.82) is 0 Å². The second kappa shape index (κ2) is 13.5. The first-order valence-corrected chi connectivity index (χ1v) is 6.73. The topological polar surface area (TPSA) is 68.9 Å². The molecule has 0 aromatic carbocycles. The molecular formula is C11H11F6FeO4P-. The van der Waals surface area contributed by atoms with Gasteiger partial charge in [0, 0.05) is 17.1 Å². The molecule has 0 bridgehead atoms. The molecule has 0 aromatic heterocycles. The van der Waals surface area contributed by atoms with Gasteiger partial charge in [0.25, 0.3) is 0 Å². The zero-order chi connectivity index (χ0) is 19.1. The molecule has 0 unspecified atom stereocenters. The zero-order valence-corrected chi connectivity index (χ0v) is 13.6. The van der Waals surface area contributed by atoms with E-state index < -0.39 is 7.81 Å². The summed E-state index contributed by atoms with van der Waals surface area (Å²) in [6.45, 7) is 15.6. The number of methoxy groups -OCH3 is 1. The van der Waals surface area contributed by atoms with Crippen LogP contribution in [0.1, 0.15) is 13.3 Å². The maximum absolute atomic E-state index is 10.7. The van der Waals surface area contributed by atoms with Crippen LogP contribution >= 0.6 is 7.81 Å². The van der Waals surface area contributed by atoms with Crippen LogP contribution in [-0.2, 0) is 35.8 Å². The molecule has 1 rings (SSSR count). The smallest absolute Gasteiger partial charge is 0 e. The maximum atomic E-state index is 9.87. The predicted octanol–water partition coefficient (Wildman–Crippen LogP) is 5.34. The Morgan fingerprint density at radius 1 is 0.913 bits per heavy atom. The summed E-state index contributed by atoms with van der Waals surface area (Å²) in [7, 11) is -8.97. The molecule has 135 valence electrons. The molecule has 0 fully saturated rings. The second-order valence-corrected chi connectivity index (χ2v) is 5.07. The van der Waals surface area contributed by atoms with Gasteiger partial charge in [0.05, 0.1) is 7.11 Å². The Hall–Kier alpha value is -0.971. The molecule has 4 nitrogen and oxygen atoms in total. The SMILES string of the molecule is COC1=CC[C](C)C=C1.F[P-](F)(F)(F)(F)F.[C-]#[O+].[C-]#[O+].[C-]#[O+].[Fe]. The molecule has 0 saturated heterocycles. The van der Waals surface area contributed by atoms with E-state index in [1.54, 1.807) is 7.11 Å². The fourth-order valence-electron chi connectivity index (χ4n) is 0.773. The zero-order valence-electron chi connectivity index (χ0n) is 11.6. The van der Waals surface area contributed by atoms with Crippen LogP contribution in [0.5, 0.6) is 0 Å². The maximum Gasteiger partial charge on any atom is 0 e. The first-order valence-electron chi connectivity index (χ1n) is 4.70. The predicted molar refractivity (Wildman–Crippen MR) is 63.1 cm³/mol. The molecule has 1 aliphatic carbocycles. The van der Waals surface area contributed by atoms with E-state index in [-0.39, 0.29) is 17.1 Å². The molecular weight excluding hydrogens is 397 g/mol. The third-order valence-electron chi connectivity index (χ3n) is 1.39. The van der Waals surface area contributed by atoms with Gasteiger partial charge in [-0.2, -0.15) is 0 Å². The first kappa shape index (κ1) is 33.6. The Labute approximate surface area is 139 Å². The van der Waals surface area contributed by atoms with Gasteiger partial charge in [-0.25, -0.2) is 0 Å². The van der Waals surface area contributed by atoms with E-state index in [4.69, 9.17) is 18.7 Å². The average Bonchev–Trinajstić information content (AvgIpc) is 2.43.